The normalized spacial score (nSPS) is 10.7. The molecule has 0 aliphatic rings. The fraction of sp³-hybridized carbons (Fsp3) is 0.261. The molecule has 0 bridgehead atoms. The molecule has 6 nitrogen and oxygen atoms in total. The third-order valence-corrected chi connectivity index (χ3v) is 4.47. The number of anilines is 1. The topological polar surface area (TPSA) is 69.9 Å². The van der Waals surface area contributed by atoms with E-state index in [1.54, 1.807) is 37.4 Å². The van der Waals surface area contributed by atoms with Crippen molar-refractivity contribution in [2.45, 2.75) is 26.4 Å². The summed E-state index contributed by atoms with van der Waals surface area (Å²) in [5, 5.41) is 2.78. The summed E-state index contributed by atoms with van der Waals surface area (Å²) >= 11 is 0. The maximum Gasteiger partial charge on any atom is 0.291 e. The molecule has 1 amide bonds. The van der Waals surface area contributed by atoms with Crippen molar-refractivity contribution in [3.63, 3.8) is 0 Å². The smallest absolute Gasteiger partial charge is 0.291 e. The molecule has 0 aliphatic carbocycles. The molecule has 3 aromatic rings. The standard InChI is InChI=1S/C23H25NO5/c1-15(2)16-5-7-17(8-6-16)28-14-19-10-12-22(29-19)23(25)24-20-13-18(26-3)9-11-21(20)27-4/h5-13,15H,14H2,1-4H3,(H,24,25). The van der Waals surface area contributed by atoms with Gasteiger partial charge in [0, 0.05) is 6.07 Å². The fourth-order valence-electron chi connectivity index (χ4n) is 2.78. The third kappa shape index (κ3) is 5.10. The van der Waals surface area contributed by atoms with Crippen LogP contribution < -0.4 is 19.5 Å². The molecule has 3 rings (SSSR count). The van der Waals surface area contributed by atoms with Crippen molar-refractivity contribution in [3.05, 3.63) is 71.7 Å². The van der Waals surface area contributed by atoms with Crippen LogP contribution in [0.25, 0.3) is 0 Å². The van der Waals surface area contributed by atoms with Crippen molar-refractivity contribution in [2.75, 3.05) is 19.5 Å². The van der Waals surface area contributed by atoms with Crippen LogP contribution in [0.3, 0.4) is 0 Å². The van der Waals surface area contributed by atoms with Crippen molar-refractivity contribution in [2.24, 2.45) is 0 Å². The number of ether oxygens (including phenoxy) is 3. The van der Waals surface area contributed by atoms with Crippen LogP contribution in [-0.4, -0.2) is 20.1 Å². The van der Waals surface area contributed by atoms with Crippen molar-refractivity contribution >= 4 is 11.6 Å². The Bertz CT molecular complexity index is 960. The highest BCUT2D eigenvalue weighted by Crippen LogP contribution is 2.29. The molecule has 1 heterocycles. The van der Waals surface area contributed by atoms with Crippen molar-refractivity contribution in [3.8, 4) is 17.2 Å². The lowest BCUT2D eigenvalue weighted by Crippen LogP contribution is -2.12. The van der Waals surface area contributed by atoms with Crippen molar-refractivity contribution in [1.82, 2.24) is 0 Å². The van der Waals surface area contributed by atoms with Crippen LogP contribution >= 0.6 is 0 Å². The number of hydrogen-bond acceptors (Lipinski definition) is 5. The van der Waals surface area contributed by atoms with Crippen LogP contribution in [0, 0.1) is 0 Å². The summed E-state index contributed by atoms with van der Waals surface area (Å²) in [7, 11) is 3.09. The number of rotatable bonds is 8. The van der Waals surface area contributed by atoms with Gasteiger partial charge in [0.2, 0.25) is 0 Å². The van der Waals surface area contributed by atoms with Crippen molar-refractivity contribution < 1.29 is 23.4 Å². The van der Waals surface area contributed by atoms with E-state index in [9.17, 15) is 4.79 Å². The Morgan fingerprint density at radius 2 is 1.69 bits per heavy atom. The molecule has 0 radical (unpaired) electrons. The fourth-order valence-corrected chi connectivity index (χ4v) is 2.78. The number of methoxy groups -OCH3 is 2. The Labute approximate surface area is 170 Å². The summed E-state index contributed by atoms with van der Waals surface area (Å²) in [6.07, 6.45) is 0. The van der Waals surface area contributed by atoms with Gasteiger partial charge in [0.05, 0.1) is 19.9 Å². The number of amides is 1. The van der Waals surface area contributed by atoms with E-state index < -0.39 is 0 Å². The summed E-state index contributed by atoms with van der Waals surface area (Å²) in [6, 6.07) is 16.4. The molecule has 0 atom stereocenters. The lowest BCUT2D eigenvalue weighted by Gasteiger charge is -2.11. The van der Waals surface area contributed by atoms with Crippen LogP contribution in [0.2, 0.25) is 0 Å². The third-order valence-electron chi connectivity index (χ3n) is 4.47. The molecule has 0 spiro atoms. The highest BCUT2D eigenvalue weighted by Gasteiger charge is 2.15. The molecular weight excluding hydrogens is 370 g/mol. The molecular formula is C23H25NO5. The second kappa shape index (κ2) is 9.19. The predicted octanol–water partition coefficient (Wildman–Crippen LogP) is 5.25. The van der Waals surface area contributed by atoms with Crippen LogP contribution in [-0.2, 0) is 6.61 Å². The van der Waals surface area contributed by atoms with E-state index in [1.165, 1.54) is 12.7 Å². The molecule has 0 saturated carbocycles. The molecule has 0 saturated heterocycles. The molecule has 1 aromatic heterocycles. The summed E-state index contributed by atoms with van der Waals surface area (Å²) in [5.74, 6) is 2.71. The van der Waals surface area contributed by atoms with E-state index in [1.807, 2.05) is 24.3 Å². The van der Waals surface area contributed by atoms with E-state index in [2.05, 4.69) is 19.2 Å². The lowest BCUT2D eigenvalue weighted by atomic mass is 10.0. The van der Waals surface area contributed by atoms with Gasteiger partial charge in [-0.3, -0.25) is 4.79 Å². The van der Waals surface area contributed by atoms with E-state index >= 15 is 0 Å². The molecule has 2 aromatic carbocycles. The number of carbonyl (C=O) groups excluding carboxylic acids is 1. The average molecular weight is 395 g/mol. The van der Waals surface area contributed by atoms with Gasteiger partial charge in [-0.05, 0) is 47.9 Å². The zero-order valence-electron chi connectivity index (χ0n) is 17.0. The molecule has 0 fully saturated rings. The Hall–Kier alpha value is -3.41. The summed E-state index contributed by atoms with van der Waals surface area (Å²) < 4.78 is 21.8. The number of hydrogen-bond donors (Lipinski definition) is 1. The van der Waals surface area contributed by atoms with E-state index in [-0.39, 0.29) is 18.3 Å². The van der Waals surface area contributed by atoms with Gasteiger partial charge >= 0.3 is 0 Å². The minimum Gasteiger partial charge on any atom is -0.497 e. The molecule has 6 heteroatoms. The van der Waals surface area contributed by atoms with Gasteiger partial charge in [0.15, 0.2) is 5.76 Å². The number of carbonyl (C=O) groups is 1. The van der Waals surface area contributed by atoms with Gasteiger partial charge in [0.25, 0.3) is 5.91 Å². The Morgan fingerprint density at radius 1 is 0.966 bits per heavy atom. The lowest BCUT2D eigenvalue weighted by molar-refractivity contribution is 0.0992. The quantitative estimate of drug-likeness (QED) is 0.564. The zero-order valence-corrected chi connectivity index (χ0v) is 17.0. The zero-order chi connectivity index (χ0) is 20.8. The maximum atomic E-state index is 12.5. The minimum absolute atomic E-state index is 0.184. The minimum atomic E-state index is -0.385. The van der Waals surface area contributed by atoms with Crippen molar-refractivity contribution in [1.29, 1.82) is 0 Å². The van der Waals surface area contributed by atoms with Gasteiger partial charge in [-0.15, -0.1) is 0 Å². The molecule has 1 N–H and O–H groups in total. The first-order valence-corrected chi connectivity index (χ1v) is 9.35. The Morgan fingerprint density at radius 3 is 2.34 bits per heavy atom. The van der Waals surface area contributed by atoms with E-state index in [0.717, 1.165) is 5.75 Å². The predicted molar refractivity (Wildman–Crippen MR) is 111 cm³/mol. The molecule has 29 heavy (non-hydrogen) atoms. The molecule has 0 unspecified atom stereocenters. The van der Waals surface area contributed by atoms with Gasteiger partial charge < -0.3 is 23.9 Å². The largest absolute Gasteiger partial charge is 0.497 e. The average Bonchev–Trinajstić information content (AvgIpc) is 3.21. The first-order valence-electron chi connectivity index (χ1n) is 9.35. The maximum absolute atomic E-state index is 12.5. The summed E-state index contributed by atoms with van der Waals surface area (Å²) in [5.41, 5.74) is 1.75. The second-order valence-corrected chi connectivity index (χ2v) is 6.80. The van der Waals surface area contributed by atoms with Crippen LogP contribution in [0.15, 0.2) is 59.0 Å². The van der Waals surface area contributed by atoms with Crippen LogP contribution in [0.4, 0.5) is 5.69 Å². The molecule has 0 aliphatic heterocycles. The molecule has 152 valence electrons. The monoisotopic (exact) mass is 395 g/mol. The first kappa shape index (κ1) is 20.3. The van der Waals surface area contributed by atoms with Gasteiger partial charge in [-0.25, -0.2) is 0 Å². The number of benzene rings is 2. The van der Waals surface area contributed by atoms with Crippen LogP contribution in [0.5, 0.6) is 17.2 Å². The SMILES string of the molecule is COc1ccc(OC)c(NC(=O)c2ccc(COc3ccc(C(C)C)cc3)o2)c1. The van der Waals surface area contributed by atoms with Crippen LogP contribution in [0.1, 0.15) is 41.6 Å². The Kier molecular flexibility index (Phi) is 6.44. The number of nitrogens with one attached hydrogen (secondary N) is 1. The van der Waals surface area contributed by atoms with Gasteiger partial charge in [-0.1, -0.05) is 26.0 Å². The highest BCUT2D eigenvalue weighted by molar-refractivity contribution is 6.03. The van der Waals surface area contributed by atoms with Gasteiger partial charge in [0.1, 0.15) is 29.6 Å². The van der Waals surface area contributed by atoms with Gasteiger partial charge in [-0.2, -0.15) is 0 Å². The summed E-state index contributed by atoms with van der Waals surface area (Å²) in [4.78, 5) is 12.5. The van der Waals surface area contributed by atoms with E-state index in [0.29, 0.717) is 28.9 Å². The summed E-state index contributed by atoms with van der Waals surface area (Å²) in [6.45, 7) is 4.52. The highest BCUT2D eigenvalue weighted by atomic mass is 16.5. The second-order valence-electron chi connectivity index (χ2n) is 6.80. The first-order chi connectivity index (χ1) is 14.0. The van der Waals surface area contributed by atoms with E-state index in [4.69, 9.17) is 18.6 Å². The Balaban J connectivity index is 1.63. The number of furan rings is 1.